The minimum absolute atomic E-state index is 0.0647. The number of phenolic OH excluding ortho intramolecular Hbond substituents is 1. The Labute approximate surface area is 107 Å². The lowest BCUT2D eigenvalue weighted by atomic mass is 10.1. The molecule has 0 spiro atoms. The van der Waals surface area contributed by atoms with Gasteiger partial charge in [0, 0.05) is 17.6 Å². The second-order valence-corrected chi connectivity index (χ2v) is 4.41. The maximum absolute atomic E-state index is 9.74. The van der Waals surface area contributed by atoms with Crippen molar-refractivity contribution < 1.29 is 9.84 Å². The third-order valence-electron chi connectivity index (χ3n) is 2.46. The molecule has 0 aliphatic carbocycles. The monoisotopic (exact) mass is 297 g/mol. The van der Waals surface area contributed by atoms with E-state index in [4.69, 9.17) is 10.5 Å². The van der Waals surface area contributed by atoms with Crippen molar-refractivity contribution in [1.82, 2.24) is 9.78 Å². The normalized spacial score (nSPS) is 10.5. The van der Waals surface area contributed by atoms with Crippen LogP contribution in [-0.4, -0.2) is 22.0 Å². The van der Waals surface area contributed by atoms with Crippen LogP contribution in [0.4, 0.5) is 5.82 Å². The fraction of sp³-hybridized carbons (Fsp3) is 0.182. The molecule has 1 aromatic heterocycles. The van der Waals surface area contributed by atoms with Crippen molar-refractivity contribution in [2.24, 2.45) is 7.05 Å². The van der Waals surface area contributed by atoms with Gasteiger partial charge in [0.2, 0.25) is 0 Å². The molecule has 0 fully saturated rings. The van der Waals surface area contributed by atoms with Crippen molar-refractivity contribution in [3.63, 3.8) is 0 Å². The van der Waals surface area contributed by atoms with Crippen LogP contribution >= 0.6 is 15.9 Å². The summed E-state index contributed by atoms with van der Waals surface area (Å²) in [6.45, 7) is 0. The highest BCUT2D eigenvalue weighted by atomic mass is 79.9. The Morgan fingerprint density at radius 2 is 2.18 bits per heavy atom. The molecule has 0 amide bonds. The molecule has 5 nitrogen and oxygen atoms in total. The number of aromatic hydroxyl groups is 1. The molecule has 1 aromatic carbocycles. The van der Waals surface area contributed by atoms with Crippen molar-refractivity contribution in [2.45, 2.75) is 0 Å². The van der Waals surface area contributed by atoms with Crippen LogP contribution in [0.3, 0.4) is 0 Å². The molecule has 2 aromatic rings. The van der Waals surface area contributed by atoms with Crippen molar-refractivity contribution in [1.29, 1.82) is 0 Å². The van der Waals surface area contributed by atoms with E-state index in [-0.39, 0.29) is 5.75 Å². The quantitative estimate of drug-likeness (QED) is 0.891. The average Bonchev–Trinajstić information content (AvgIpc) is 2.61. The number of ether oxygens (including phenoxy) is 1. The minimum atomic E-state index is 0.0647. The largest absolute Gasteiger partial charge is 0.504 e. The van der Waals surface area contributed by atoms with E-state index in [1.54, 1.807) is 29.9 Å². The zero-order chi connectivity index (χ0) is 12.6. The molecule has 1 heterocycles. The lowest BCUT2D eigenvalue weighted by Gasteiger charge is -2.10. The van der Waals surface area contributed by atoms with E-state index in [2.05, 4.69) is 21.0 Å². The number of benzene rings is 1. The highest BCUT2D eigenvalue weighted by molar-refractivity contribution is 9.10. The van der Waals surface area contributed by atoms with E-state index in [1.807, 2.05) is 0 Å². The SMILES string of the molecule is COc1c(O)ccc(Br)c1-c1cc(N)n(C)n1. The van der Waals surface area contributed by atoms with E-state index in [1.165, 1.54) is 7.11 Å². The molecular weight excluding hydrogens is 286 g/mol. The number of nitrogens with two attached hydrogens (primary N) is 1. The van der Waals surface area contributed by atoms with E-state index in [0.29, 0.717) is 22.8 Å². The summed E-state index contributed by atoms with van der Waals surface area (Å²) in [4.78, 5) is 0. The number of halogens is 1. The molecule has 0 saturated carbocycles. The molecule has 6 heteroatoms. The van der Waals surface area contributed by atoms with Crippen LogP contribution in [0.25, 0.3) is 11.3 Å². The molecule has 0 saturated heterocycles. The van der Waals surface area contributed by atoms with Crippen LogP contribution in [0, 0.1) is 0 Å². The zero-order valence-corrected chi connectivity index (χ0v) is 11.0. The van der Waals surface area contributed by atoms with Crippen LogP contribution in [-0.2, 0) is 7.05 Å². The van der Waals surface area contributed by atoms with E-state index in [9.17, 15) is 5.11 Å². The number of hydrogen-bond donors (Lipinski definition) is 2. The Morgan fingerprint density at radius 1 is 1.47 bits per heavy atom. The standard InChI is InChI=1S/C11H12BrN3O2/c1-15-9(13)5-7(14-15)10-6(12)3-4-8(16)11(10)17-2/h3-5,16H,13H2,1-2H3. The smallest absolute Gasteiger partial charge is 0.171 e. The number of nitrogen functional groups attached to an aromatic ring is 1. The Balaban J connectivity index is 2.69. The molecule has 17 heavy (non-hydrogen) atoms. The van der Waals surface area contributed by atoms with Gasteiger partial charge in [0.1, 0.15) is 5.82 Å². The Morgan fingerprint density at radius 3 is 2.71 bits per heavy atom. The number of aryl methyl sites for hydroxylation is 1. The van der Waals surface area contributed by atoms with E-state index < -0.39 is 0 Å². The first-order valence-corrected chi connectivity index (χ1v) is 5.69. The number of anilines is 1. The Hall–Kier alpha value is -1.69. The van der Waals surface area contributed by atoms with Crippen LogP contribution < -0.4 is 10.5 Å². The molecule has 0 bridgehead atoms. The summed E-state index contributed by atoms with van der Waals surface area (Å²) < 4.78 is 7.53. The molecule has 2 rings (SSSR count). The van der Waals surface area contributed by atoms with Crippen molar-refractivity contribution >= 4 is 21.7 Å². The van der Waals surface area contributed by atoms with Crippen molar-refractivity contribution in [3.8, 4) is 22.8 Å². The van der Waals surface area contributed by atoms with Gasteiger partial charge in [-0.1, -0.05) is 0 Å². The predicted octanol–water partition coefficient (Wildman–Crippen LogP) is 2.15. The maximum atomic E-state index is 9.74. The van der Waals surface area contributed by atoms with Crippen LogP contribution in [0.2, 0.25) is 0 Å². The summed E-state index contributed by atoms with van der Waals surface area (Å²) in [7, 11) is 3.25. The number of phenols is 1. The summed E-state index contributed by atoms with van der Waals surface area (Å²) >= 11 is 3.41. The highest BCUT2D eigenvalue weighted by Crippen LogP contribution is 2.42. The number of methoxy groups -OCH3 is 1. The molecule has 90 valence electrons. The lowest BCUT2D eigenvalue weighted by Crippen LogP contribution is -1.97. The Kier molecular flexibility index (Phi) is 2.97. The van der Waals surface area contributed by atoms with Gasteiger partial charge in [-0.15, -0.1) is 0 Å². The summed E-state index contributed by atoms with van der Waals surface area (Å²) in [5.74, 6) is 0.977. The zero-order valence-electron chi connectivity index (χ0n) is 9.44. The fourth-order valence-electron chi connectivity index (χ4n) is 1.60. The van der Waals surface area contributed by atoms with Gasteiger partial charge in [-0.2, -0.15) is 5.10 Å². The van der Waals surface area contributed by atoms with Crippen molar-refractivity contribution in [3.05, 3.63) is 22.7 Å². The van der Waals surface area contributed by atoms with Crippen LogP contribution in [0.15, 0.2) is 22.7 Å². The molecule has 0 aliphatic heterocycles. The third kappa shape index (κ3) is 1.95. The lowest BCUT2D eigenvalue weighted by molar-refractivity contribution is 0.374. The third-order valence-corrected chi connectivity index (χ3v) is 3.12. The summed E-state index contributed by atoms with van der Waals surface area (Å²) in [5.41, 5.74) is 7.06. The molecule has 3 N–H and O–H groups in total. The molecule has 0 radical (unpaired) electrons. The fourth-order valence-corrected chi connectivity index (χ4v) is 2.11. The number of nitrogens with zero attached hydrogens (tertiary/aromatic N) is 2. The van der Waals surface area contributed by atoms with Gasteiger partial charge in [-0.25, -0.2) is 0 Å². The molecular formula is C11H12BrN3O2. The number of rotatable bonds is 2. The molecule has 0 unspecified atom stereocenters. The van der Waals surface area contributed by atoms with Crippen LogP contribution in [0.1, 0.15) is 0 Å². The van der Waals surface area contributed by atoms with E-state index >= 15 is 0 Å². The second kappa shape index (κ2) is 4.29. The van der Waals surface area contributed by atoms with Gasteiger partial charge in [0.05, 0.1) is 18.4 Å². The van der Waals surface area contributed by atoms with Gasteiger partial charge in [0.15, 0.2) is 11.5 Å². The van der Waals surface area contributed by atoms with Gasteiger partial charge in [0.25, 0.3) is 0 Å². The summed E-state index contributed by atoms with van der Waals surface area (Å²) in [5, 5.41) is 14.0. The molecule has 0 aliphatic rings. The highest BCUT2D eigenvalue weighted by Gasteiger charge is 2.17. The number of hydrogen-bond acceptors (Lipinski definition) is 4. The van der Waals surface area contributed by atoms with Gasteiger partial charge < -0.3 is 15.6 Å². The summed E-state index contributed by atoms with van der Waals surface area (Å²) in [6, 6.07) is 5.01. The topological polar surface area (TPSA) is 73.3 Å². The van der Waals surface area contributed by atoms with Crippen molar-refractivity contribution in [2.75, 3.05) is 12.8 Å². The first-order chi connectivity index (χ1) is 8.04. The number of aromatic nitrogens is 2. The molecule has 0 atom stereocenters. The van der Waals surface area contributed by atoms with Gasteiger partial charge in [-0.05, 0) is 28.1 Å². The first kappa shape index (κ1) is 11.8. The summed E-state index contributed by atoms with van der Waals surface area (Å²) in [6.07, 6.45) is 0. The second-order valence-electron chi connectivity index (χ2n) is 3.55. The van der Waals surface area contributed by atoms with Gasteiger partial charge >= 0.3 is 0 Å². The predicted molar refractivity (Wildman–Crippen MR) is 69.0 cm³/mol. The maximum Gasteiger partial charge on any atom is 0.171 e. The minimum Gasteiger partial charge on any atom is -0.504 e. The van der Waals surface area contributed by atoms with Crippen LogP contribution in [0.5, 0.6) is 11.5 Å². The van der Waals surface area contributed by atoms with Gasteiger partial charge in [-0.3, -0.25) is 4.68 Å². The average molecular weight is 298 g/mol. The Bertz CT molecular complexity index is 547. The van der Waals surface area contributed by atoms with E-state index in [0.717, 1.165) is 4.47 Å². The first-order valence-electron chi connectivity index (χ1n) is 4.90.